The van der Waals surface area contributed by atoms with Gasteiger partial charge in [-0.25, -0.2) is 0 Å². The van der Waals surface area contributed by atoms with E-state index in [9.17, 15) is 14.7 Å². The van der Waals surface area contributed by atoms with Crippen molar-refractivity contribution in [2.24, 2.45) is 0 Å². The zero-order valence-electron chi connectivity index (χ0n) is 48.3. The van der Waals surface area contributed by atoms with Gasteiger partial charge in [-0.05, 0) is 109 Å². The fraction of sp³-hybridized carbons (Fsp3) is 0.681. The van der Waals surface area contributed by atoms with Crippen molar-refractivity contribution in [3.63, 3.8) is 0 Å². The quantitative estimate of drug-likeness (QED) is 0.0373. The number of rotatable bonds is 56. The Morgan fingerprint density at radius 2 is 0.581 bits per heavy atom. The van der Waals surface area contributed by atoms with E-state index in [1.165, 1.54) is 161 Å². The average molecular weight is 1030 g/mol. The van der Waals surface area contributed by atoms with Gasteiger partial charge in [-0.1, -0.05) is 283 Å². The van der Waals surface area contributed by atoms with Crippen LogP contribution in [0.25, 0.3) is 0 Å². The van der Waals surface area contributed by atoms with Gasteiger partial charge >= 0.3 is 11.9 Å². The third kappa shape index (κ3) is 60.9. The normalized spacial score (nSPS) is 13.1. The van der Waals surface area contributed by atoms with Crippen LogP contribution in [0, 0.1) is 0 Å². The summed E-state index contributed by atoms with van der Waals surface area (Å²) in [7, 11) is 0. The van der Waals surface area contributed by atoms with Crippen molar-refractivity contribution < 1.29 is 24.2 Å². The minimum absolute atomic E-state index is 0.0729. The number of hydrogen-bond donors (Lipinski definition) is 1. The molecule has 0 amide bonds. The smallest absolute Gasteiger partial charge is 0.306 e. The van der Waals surface area contributed by atoms with Crippen LogP contribution in [-0.4, -0.2) is 36.4 Å². The van der Waals surface area contributed by atoms with Gasteiger partial charge in [0.15, 0.2) is 6.10 Å². The molecule has 0 radical (unpaired) electrons. The lowest BCUT2D eigenvalue weighted by Crippen LogP contribution is -2.28. The first kappa shape index (κ1) is 70.3. The van der Waals surface area contributed by atoms with E-state index in [4.69, 9.17) is 9.47 Å². The van der Waals surface area contributed by atoms with Crippen LogP contribution in [0.2, 0.25) is 0 Å². The van der Waals surface area contributed by atoms with Gasteiger partial charge in [0, 0.05) is 12.8 Å². The Hall–Kier alpha value is -3.70. The largest absolute Gasteiger partial charge is 0.462 e. The molecule has 0 heterocycles. The molecule has 0 aliphatic carbocycles. The van der Waals surface area contributed by atoms with Crippen molar-refractivity contribution in [3.8, 4) is 0 Å². The van der Waals surface area contributed by atoms with E-state index >= 15 is 0 Å². The molecule has 1 N–H and O–H groups in total. The highest BCUT2D eigenvalue weighted by Gasteiger charge is 2.16. The lowest BCUT2D eigenvalue weighted by atomic mass is 10.0. The molecule has 0 bridgehead atoms. The molecular formula is C69H116O5. The summed E-state index contributed by atoms with van der Waals surface area (Å²) < 4.78 is 10.7. The Bertz CT molecular complexity index is 1490. The molecule has 0 aromatic heterocycles. The van der Waals surface area contributed by atoms with Crippen LogP contribution in [0.4, 0.5) is 0 Å². The van der Waals surface area contributed by atoms with Gasteiger partial charge in [-0.15, -0.1) is 0 Å². The lowest BCUT2D eigenvalue weighted by Gasteiger charge is -2.15. The second kappa shape index (κ2) is 63.6. The Balaban J connectivity index is 3.53. The first-order valence-electron chi connectivity index (χ1n) is 31.1. The SMILES string of the molecule is CC/C=C\C/C=C\C/C=C\C/C=C\C/C=C\C/C=C\C/C=C\CCCCCCCCCCCCCC(=O)OC(CO)COC(=O)CCCCCCCCCCCCCC/C=C\C/C=C\C/C=C\CCCCCCC. The maximum Gasteiger partial charge on any atom is 0.306 e. The Morgan fingerprint density at radius 1 is 0.324 bits per heavy atom. The van der Waals surface area contributed by atoms with E-state index in [0.29, 0.717) is 12.8 Å². The fourth-order valence-corrected chi connectivity index (χ4v) is 8.60. The molecule has 0 aliphatic heterocycles. The number of hydrogen-bond acceptors (Lipinski definition) is 5. The van der Waals surface area contributed by atoms with Crippen LogP contribution in [0.5, 0.6) is 0 Å². The molecule has 5 nitrogen and oxygen atoms in total. The number of carbonyl (C=O) groups excluding carboxylic acids is 2. The molecule has 74 heavy (non-hydrogen) atoms. The van der Waals surface area contributed by atoms with Gasteiger partial charge in [-0.2, -0.15) is 0 Å². The number of allylic oxidation sites excluding steroid dienone is 20. The van der Waals surface area contributed by atoms with Crippen LogP contribution in [-0.2, 0) is 19.1 Å². The molecule has 0 aromatic rings. The van der Waals surface area contributed by atoms with Gasteiger partial charge in [0.05, 0.1) is 6.61 Å². The maximum absolute atomic E-state index is 12.3. The predicted molar refractivity (Wildman–Crippen MR) is 325 cm³/mol. The number of unbranched alkanes of at least 4 members (excludes halogenated alkanes) is 28. The number of aliphatic hydroxyl groups is 1. The Kier molecular flexibility index (Phi) is 60.4. The van der Waals surface area contributed by atoms with Crippen LogP contribution in [0.1, 0.15) is 284 Å². The molecule has 0 rings (SSSR count). The minimum Gasteiger partial charge on any atom is -0.462 e. The van der Waals surface area contributed by atoms with Crippen LogP contribution < -0.4 is 0 Å². The fourth-order valence-electron chi connectivity index (χ4n) is 8.60. The molecule has 0 saturated heterocycles. The second-order valence-corrected chi connectivity index (χ2v) is 20.4. The zero-order valence-corrected chi connectivity index (χ0v) is 48.3. The van der Waals surface area contributed by atoms with Crippen molar-refractivity contribution in [2.45, 2.75) is 290 Å². The van der Waals surface area contributed by atoms with Gasteiger partial charge in [-0.3, -0.25) is 9.59 Å². The highest BCUT2D eigenvalue weighted by atomic mass is 16.6. The monoisotopic (exact) mass is 1020 g/mol. The van der Waals surface area contributed by atoms with Crippen LogP contribution in [0.3, 0.4) is 0 Å². The molecule has 0 saturated carbocycles. The van der Waals surface area contributed by atoms with Crippen molar-refractivity contribution in [1.82, 2.24) is 0 Å². The topological polar surface area (TPSA) is 72.8 Å². The van der Waals surface area contributed by atoms with Gasteiger partial charge < -0.3 is 14.6 Å². The van der Waals surface area contributed by atoms with Crippen LogP contribution >= 0.6 is 0 Å². The van der Waals surface area contributed by atoms with E-state index in [2.05, 4.69) is 135 Å². The summed E-state index contributed by atoms with van der Waals surface area (Å²) in [4.78, 5) is 24.6. The van der Waals surface area contributed by atoms with Crippen molar-refractivity contribution in [2.75, 3.05) is 13.2 Å². The second-order valence-electron chi connectivity index (χ2n) is 20.4. The number of aliphatic hydroxyl groups excluding tert-OH is 1. The van der Waals surface area contributed by atoms with E-state index in [1.807, 2.05) is 0 Å². The highest BCUT2D eigenvalue weighted by Crippen LogP contribution is 2.16. The van der Waals surface area contributed by atoms with Gasteiger partial charge in [0.25, 0.3) is 0 Å². The Labute approximate surface area is 458 Å². The first-order chi connectivity index (χ1) is 36.6. The number of ether oxygens (including phenoxy) is 2. The summed E-state index contributed by atoms with van der Waals surface area (Å²) in [5.74, 6) is -0.595. The standard InChI is InChI=1S/C69H116O5/c1-3-5-7-9-11-13-15-17-19-21-23-25-27-29-31-32-33-34-35-36-38-40-42-44-46-48-50-52-54-56-58-60-62-64-69(72)74-67(65-70)66-73-68(71)63-61-59-57-55-53-51-49-47-45-43-41-39-37-30-28-26-24-22-20-18-16-14-12-10-8-6-4-2/h5,7,11,13,16-19,22-25,28-31,33-34,36,38,67,70H,3-4,6,8-10,12,14-15,20-21,26-27,32,35,37,39-66H2,1-2H3/b7-5-,13-11-,18-16-,19-17-,24-22-,25-23-,30-28-,31-29-,34-33-,38-36-. The highest BCUT2D eigenvalue weighted by molar-refractivity contribution is 5.70. The Morgan fingerprint density at radius 3 is 0.878 bits per heavy atom. The lowest BCUT2D eigenvalue weighted by molar-refractivity contribution is -0.161. The average Bonchev–Trinajstić information content (AvgIpc) is 3.40. The third-order valence-electron chi connectivity index (χ3n) is 13.2. The molecule has 0 spiro atoms. The maximum atomic E-state index is 12.3. The van der Waals surface area contributed by atoms with Crippen molar-refractivity contribution in [1.29, 1.82) is 0 Å². The summed E-state index contributed by atoms with van der Waals surface area (Å²) >= 11 is 0. The van der Waals surface area contributed by atoms with E-state index in [-0.39, 0.29) is 25.2 Å². The molecule has 422 valence electrons. The summed E-state index contributed by atoms with van der Waals surface area (Å²) in [5.41, 5.74) is 0. The minimum atomic E-state index is -0.783. The molecule has 0 aliphatic rings. The van der Waals surface area contributed by atoms with E-state index in [1.54, 1.807) is 0 Å². The van der Waals surface area contributed by atoms with Crippen molar-refractivity contribution in [3.05, 3.63) is 122 Å². The zero-order chi connectivity index (χ0) is 53.4. The molecular weight excluding hydrogens is 909 g/mol. The molecule has 0 fully saturated rings. The third-order valence-corrected chi connectivity index (χ3v) is 13.2. The van der Waals surface area contributed by atoms with E-state index < -0.39 is 6.10 Å². The summed E-state index contributed by atoms with van der Waals surface area (Å²) in [6, 6.07) is 0. The summed E-state index contributed by atoms with van der Waals surface area (Å²) in [5, 5.41) is 9.68. The number of carbonyl (C=O) groups is 2. The molecule has 1 atom stereocenters. The predicted octanol–water partition coefficient (Wildman–Crippen LogP) is 21.4. The van der Waals surface area contributed by atoms with E-state index in [0.717, 1.165) is 96.3 Å². The number of esters is 2. The first-order valence-corrected chi connectivity index (χ1v) is 31.1. The summed E-state index contributed by atoms with van der Waals surface area (Å²) in [6.07, 6.45) is 93.2. The molecule has 5 heteroatoms. The molecule has 1 unspecified atom stereocenters. The van der Waals surface area contributed by atoms with Gasteiger partial charge in [0.2, 0.25) is 0 Å². The van der Waals surface area contributed by atoms with Crippen LogP contribution in [0.15, 0.2) is 122 Å². The van der Waals surface area contributed by atoms with Crippen molar-refractivity contribution >= 4 is 11.9 Å². The van der Waals surface area contributed by atoms with Gasteiger partial charge in [0.1, 0.15) is 6.61 Å². The summed E-state index contributed by atoms with van der Waals surface area (Å²) in [6.45, 7) is 4.03. The molecule has 0 aromatic carbocycles.